The molecule has 2 aromatic carbocycles. The molecule has 0 saturated carbocycles. The number of hydrogen-bond donors (Lipinski definition) is 1. The van der Waals surface area contributed by atoms with E-state index in [0.29, 0.717) is 6.07 Å². The zero-order valence-corrected chi connectivity index (χ0v) is 9.35. The summed E-state index contributed by atoms with van der Waals surface area (Å²) in [5.74, 6) is -3.54. The van der Waals surface area contributed by atoms with E-state index in [1.807, 2.05) is 0 Å². The molecule has 0 radical (unpaired) electrons. The van der Waals surface area contributed by atoms with Gasteiger partial charge in [-0.05, 0) is 18.2 Å². The van der Waals surface area contributed by atoms with Crippen molar-refractivity contribution >= 4 is 11.0 Å². The van der Waals surface area contributed by atoms with Crippen molar-refractivity contribution in [2.45, 2.75) is 0 Å². The van der Waals surface area contributed by atoms with Gasteiger partial charge in [-0.15, -0.1) is 0 Å². The molecule has 1 heterocycles. The van der Waals surface area contributed by atoms with Crippen LogP contribution in [0.3, 0.4) is 0 Å². The first kappa shape index (κ1) is 11.7. The van der Waals surface area contributed by atoms with Gasteiger partial charge in [0.05, 0.1) is 11.1 Å². The number of benzene rings is 2. The first-order valence-corrected chi connectivity index (χ1v) is 5.35. The Morgan fingerprint density at radius 2 is 1.58 bits per heavy atom. The molecule has 0 atom stereocenters. The van der Waals surface area contributed by atoms with E-state index in [0.717, 1.165) is 18.2 Å². The number of fused-ring (bicyclic) bond motifs is 1. The highest BCUT2D eigenvalue weighted by Crippen LogP contribution is 2.27. The van der Waals surface area contributed by atoms with Crippen LogP contribution in [0.2, 0.25) is 0 Å². The summed E-state index contributed by atoms with van der Waals surface area (Å²) < 4.78 is 53.7. The summed E-state index contributed by atoms with van der Waals surface area (Å²) in [4.78, 5) is 6.27. The van der Waals surface area contributed by atoms with Crippen LogP contribution in [0.4, 0.5) is 17.6 Å². The highest BCUT2D eigenvalue weighted by atomic mass is 19.1. The number of aromatic nitrogens is 2. The Kier molecular flexibility index (Phi) is 2.51. The summed E-state index contributed by atoms with van der Waals surface area (Å²) in [5, 5.41) is 0. The Morgan fingerprint density at radius 1 is 0.895 bits per heavy atom. The van der Waals surface area contributed by atoms with Crippen molar-refractivity contribution < 1.29 is 17.6 Å². The van der Waals surface area contributed by atoms with Gasteiger partial charge < -0.3 is 4.98 Å². The number of H-pyrrole nitrogens is 1. The fraction of sp³-hybridized carbons (Fsp3) is 0. The minimum atomic E-state index is -0.894. The highest BCUT2D eigenvalue weighted by Gasteiger charge is 2.17. The lowest BCUT2D eigenvalue weighted by molar-refractivity contribution is 0.587. The maximum Gasteiger partial charge on any atom is 0.153 e. The predicted molar refractivity (Wildman–Crippen MR) is 61.4 cm³/mol. The van der Waals surface area contributed by atoms with E-state index in [-0.39, 0.29) is 16.9 Å². The van der Waals surface area contributed by atoms with Crippen molar-refractivity contribution in [3.63, 3.8) is 0 Å². The van der Waals surface area contributed by atoms with Gasteiger partial charge in [-0.1, -0.05) is 6.07 Å². The summed E-state index contributed by atoms with van der Waals surface area (Å²) in [5.41, 5.74) is -0.535. The summed E-state index contributed by atoms with van der Waals surface area (Å²) in [6.07, 6.45) is 0. The van der Waals surface area contributed by atoms with Crippen LogP contribution in [-0.2, 0) is 0 Å². The lowest BCUT2D eigenvalue weighted by atomic mass is 10.2. The van der Waals surface area contributed by atoms with E-state index < -0.39 is 28.8 Å². The molecule has 19 heavy (non-hydrogen) atoms. The SMILES string of the molecule is Fc1cc(F)c2nc(-c3c(F)cccc3F)[nH]c2c1. The second kappa shape index (κ2) is 4.08. The molecule has 3 aromatic rings. The lowest BCUT2D eigenvalue weighted by Crippen LogP contribution is -1.91. The van der Waals surface area contributed by atoms with Crippen LogP contribution in [0.5, 0.6) is 0 Å². The lowest BCUT2D eigenvalue weighted by Gasteiger charge is -2.00. The molecule has 0 fully saturated rings. The van der Waals surface area contributed by atoms with Gasteiger partial charge in [-0.3, -0.25) is 0 Å². The van der Waals surface area contributed by atoms with E-state index in [4.69, 9.17) is 0 Å². The summed E-state index contributed by atoms with van der Waals surface area (Å²) in [7, 11) is 0. The third-order valence-electron chi connectivity index (χ3n) is 2.70. The summed E-state index contributed by atoms with van der Waals surface area (Å²) in [6.45, 7) is 0. The predicted octanol–water partition coefficient (Wildman–Crippen LogP) is 3.79. The van der Waals surface area contributed by atoms with Gasteiger partial charge >= 0.3 is 0 Å². The highest BCUT2D eigenvalue weighted by molar-refractivity contribution is 5.80. The van der Waals surface area contributed by atoms with Gasteiger partial charge in [-0.25, -0.2) is 22.5 Å². The molecule has 1 aromatic heterocycles. The monoisotopic (exact) mass is 266 g/mol. The summed E-state index contributed by atoms with van der Waals surface area (Å²) in [6, 6.07) is 4.99. The molecule has 0 aliphatic rings. The van der Waals surface area contributed by atoms with E-state index in [1.54, 1.807) is 0 Å². The first-order valence-electron chi connectivity index (χ1n) is 5.35. The van der Waals surface area contributed by atoms with Crippen LogP contribution in [0, 0.1) is 23.3 Å². The molecule has 0 aliphatic carbocycles. The molecule has 3 rings (SSSR count). The largest absolute Gasteiger partial charge is 0.338 e. The van der Waals surface area contributed by atoms with Crippen molar-refractivity contribution in [2.75, 3.05) is 0 Å². The Bertz CT molecular complexity index is 759. The minimum Gasteiger partial charge on any atom is -0.338 e. The quantitative estimate of drug-likeness (QED) is 0.667. The molecule has 0 bridgehead atoms. The zero-order valence-electron chi connectivity index (χ0n) is 9.35. The third-order valence-corrected chi connectivity index (χ3v) is 2.70. The standard InChI is InChI=1S/C13H6F4N2/c14-6-4-9(17)12-10(5-6)18-13(19-12)11-7(15)2-1-3-8(11)16/h1-5H,(H,18,19). The number of rotatable bonds is 1. The Hall–Kier alpha value is -2.37. The molecular formula is C13H6F4N2. The number of aromatic amines is 1. The molecule has 0 spiro atoms. The van der Waals surface area contributed by atoms with Crippen molar-refractivity contribution in [1.82, 2.24) is 9.97 Å². The molecule has 96 valence electrons. The minimum absolute atomic E-state index is 0.0372. The molecular weight excluding hydrogens is 260 g/mol. The number of nitrogens with one attached hydrogen (secondary N) is 1. The van der Waals surface area contributed by atoms with Crippen LogP contribution in [-0.4, -0.2) is 9.97 Å². The molecule has 0 amide bonds. The van der Waals surface area contributed by atoms with Crippen molar-refractivity contribution in [3.8, 4) is 11.4 Å². The van der Waals surface area contributed by atoms with Crippen molar-refractivity contribution in [3.05, 3.63) is 53.6 Å². The van der Waals surface area contributed by atoms with Gasteiger partial charge in [0.2, 0.25) is 0 Å². The molecule has 1 N–H and O–H groups in total. The van der Waals surface area contributed by atoms with Crippen LogP contribution in [0.1, 0.15) is 0 Å². The second-order valence-electron chi connectivity index (χ2n) is 3.97. The van der Waals surface area contributed by atoms with Gasteiger partial charge in [0, 0.05) is 6.07 Å². The van der Waals surface area contributed by atoms with E-state index in [1.165, 1.54) is 6.07 Å². The summed E-state index contributed by atoms with van der Waals surface area (Å²) >= 11 is 0. The number of halogens is 4. The smallest absolute Gasteiger partial charge is 0.153 e. The number of imidazole rings is 1. The normalized spacial score (nSPS) is 11.2. The van der Waals surface area contributed by atoms with Gasteiger partial charge in [0.25, 0.3) is 0 Å². The average Bonchev–Trinajstić information content (AvgIpc) is 2.72. The maximum absolute atomic E-state index is 13.6. The molecule has 0 saturated heterocycles. The second-order valence-corrected chi connectivity index (χ2v) is 3.97. The van der Waals surface area contributed by atoms with Gasteiger partial charge in [0.1, 0.15) is 28.8 Å². The van der Waals surface area contributed by atoms with Crippen molar-refractivity contribution in [1.29, 1.82) is 0 Å². The Balaban J connectivity index is 2.30. The molecule has 0 unspecified atom stereocenters. The Labute approximate surface area is 104 Å². The third kappa shape index (κ3) is 1.85. The number of nitrogens with zero attached hydrogens (tertiary/aromatic N) is 1. The van der Waals surface area contributed by atoms with Crippen LogP contribution in [0.15, 0.2) is 30.3 Å². The fourth-order valence-electron chi connectivity index (χ4n) is 1.88. The van der Waals surface area contributed by atoms with Gasteiger partial charge in [0.15, 0.2) is 5.82 Å². The van der Waals surface area contributed by atoms with Gasteiger partial charge in [-0.2, -0.15) is 0 Å². The first-order chi connectivity index (χ1) is 9.06. The Morgan fingerprint density at radius 3 is 2.26 bits per heavy atom. The molecule has 2 nitrogen and oxygen atoms in total. The van der Waals surface area contributed by atoms with Crippen LogP contribution < -0.4 is 0 Å². The van der Waals surface area contributed by atoms with Crippen LogP contribution >= 0.6 is 0 Å². The number of hydrogen-bond acceptors (Lipinski definition) is 1. The van der Waals surface area contributed by atoms with Crippen LogP contribution in [0.25, 0.3) is 22.4 Å². The zero-order chi connectivity index (χ0) is 13.6. The van der Waals surface area contributed by atoms with E-state index in [9.17, 15) is 17.6 Å². The average molecular weight is 266 g/mol. The van der Waals surface area contributed by atoms with E-state index >= 15 is 0 Å². The fourth-order valence-corrected chi connectivity index (χ4v) is 1.88. The van der Waals surface area contributed by atoms with E-state index in [2.05, 4.69) is 9.97 Å². The topological polar surface area (TPSA) is 28.7 Å². The molecule has 0 aliphatic heterocycles. The maximum atomic E-state index is 13.6. The molecule has 6 heteroatoms. The van der Waals surface area contributed by atoms with Crippen molar-refractivity contribution in [2.24, 2.45) is 0 Å².